The molecule has 0 aliphatic rings. The van der Waals surface area contributed by atoms with E-state index in [4.69, 9.17) is 0 Å². The molecule has 2 aromatic carbocycles. The molecule has 0 aliphatic heterocycles. The van der Waals surface area contributed by atoms with Crippen LogP contribution in [-0.4, -0.2) is 9.91 Å². The number of hydrogen-bond acceptors (Lipinski definition) is 6. The number of pyridine rings is 1. The molecular weight excluding hydrogens is 405 g/mol. The normalized spacial score (nSPS) is 11.3. The summed E-state index contributed by atoms with van der Waals surface area (Å²) >= 11 is 0.935. The van der Waals surface area contributed by atoms with Crippen molar-refractivity contribution in [3.05, 3.63) is 88.1 Å². The highest BCUT2D eigenvalue weighted by Crippen LogP contribution is 2.36. The Kier molecular flexibility index (Phi) is 6.35. The number of hydrogen-bond donors (Lipinski definition) is 2. The monoisotopic (exact) mass is 420 g/mol. The average molecular weight is 420 g/mol. The predicted molar refractivity (Wildman–Crippen MR) is 103 cm³/mol. The Morgan fingerprint density at radius 3 is 2.45 bits per heavy atom. The highest BCUT2D eigenvalue weighted by Gasteiger charge is 2.30. The zero-order valence-electron chi connectivity index (χ0n) is 14.8. The van der Waals surface area contributed by atoms with Crippen LogP contribution in [0.25, 0.3) is 0 Å². The van der Waals surface area contributed by atoms with Crippen molar-refractivity contribution in [1.29, 1.82) is 0 Å². The summed E-state index contributed by atoms with van der Waals surface area (Å²) in [6.07, 6.45) is -3.77. The molecule has 0 atom stereocenters. The zero-order chi connectivity index (χ0) is 20.9. The second kappa shape index (κ2) is 8.93. The quantitative estimate of drug-likeness (QED) is 0.400. The number of nitro benzene ring substituents is 1. The number of para-hydroxylation sites is 1. The molecule has 2 N–H and O–H groups in total. The number of alkyl halides is 3. The van der Waals surface area contributed by atoms with Crippen LogP contribution >= 0.6 is 11.8 Å². The van der Waals surface area contributed by atoms with Crippen LogP contribution < -0.4 is 10.9 Å². The molecule has 10 heteroatoms. The summed E-state index contributed by atoms with van der Waals surface area (Å²) in [6, 6.07) is 16.1. The lowest BCUT2D eigenvalue weighted by atomic mass is 10.2. The lowest BCUT2D eigenvalue weighted by molar-refractivity contribution is -0.387. The minimum atomic E-state index is -4.48. The molecule has 1 heterocycles. The first kappa shape index (κ1) is 20.6. The van der Waals surface area contributed by atoms with Gasteiger partial charge >= 0.3 is 6.18 Å². The van der Waals surface area contributed by atoms with Gasteiger partial charge in [-0.15, -0.1) is 0 Å². The zero-order valence-corrected chi connectivity index (χ0v) is 15.6. The van der Waals surface area contributed by atoms with Gasteiger partial charge in [0.25, 0.3) is 5.69 Å². The van der Waals surface area contributed by atoms with Crippen LogP contribution in [0.1, 0.15) is 11.1 Å². The fourth-order valence-corrected chi connectivity index (χ4v) is 3.23. The molecule has 0 bridgehead atoms. The number of nitrogens with one attached hydrogen (secondary N) is 2. The third-order valence-electron chi connectivity index (χ3n) is 3.80. The van der Waals surface area contributed by atoms with Gasteiger partial charge < -0.3 is 5.43 Å². The van der Waals surface area contributed by atoms with Gasteiger partial charge in [-0.05, 0) is 35.9 Å². The molecule has 0 spiro atoms. The first-order chi connectivity index (χ1) is 13.8. The van der Waals surface area contributed by atoms with Gasteiger partial charge in [0, 0.05) is 24.5 Å². The van der Waals surface area contributed by atoms with Crippen molar-refractivity contribution in [2.75, 3.05) is 5.43 Å². The lowest BCUT2D eigenvalue weighted by Crippen LogP contribution is -2.20. The molecule has 3 aromatic rings. The van der Waals surface area contributed by atoms with Gasteiger partial charge in [0.15, 0.2) is 0 Å². The maximum absolute atomic E-state index is 12.6. The summed E-state index contributed by atoms with van der Waals surface area (Å²) in [4.78, 5) is 14.9. The maximum atomic E-state index is 12.6. The van der Waals surface area contributed by atoms with Crippen LogP contribution in [0.15, 0.2) is 76.8 Å². The third kappa shape index (κ3) is 5.69. The molecule has 1 aromatic heterocycles. The third-order valence-corrected chi connectivity index (χ3v) is 4.81. The molecule has 3 rings (SSSR count). The van der Waals surface area contributed by atoms with Crippen molar-refractivity contribution in [2.24, 2.45) is 0 Å². The highest BCUT2D eigenvalue weighted by atomic mass is 32.2. The maximum Gasteiger partial charge on any atom is 0.417 e. The van der Waals surface area contributed by atoms with Crippen molar-refractivity contribution in [2.45, 2.75) is 22.6 Å². The smallest absolute Gasteiger partial charge is 0.321 e. The first-order valence-electron chi connectivity index (χ1n) is 8.35. The molecule has 29 heavy (non-hydrogen) atoms. The molecule has 0 unspecified atom stereocenters. The van der Waals surface area contributed by atoms with Gasteiger partial charge in [0.05, 0.1) is 15.4 Å². The molecule has 0 saturated carbocycles. The molecule has 0 radical (unpaired) electrons. The highest BCUT2D eigenvalue weighted by molar-refractivity contribution is 7.99. The minimum Gasteiger partial charge on any atom is -0.321 e. The van der Waals surface area contributed by atoms with Crippen LogP contribution in [0.3, 0.4) is 0 Å². The van der Waals surface area contributed by atoms with Crippen molar-refractivity contribution >= 4 is 23.1 Å². The van der Waals surface area contributed by atoms with Crippen molar-refractivity contribution in [1.82, 2.24) is 10.4 Å². The Morgan fingerprint density at radius 2 is 1.83 bits per heavy atom. The molecular formula is C19H15F3N4O2S. The van der Waals surface area contributed by atoms with E-state index in [1.54, 1.807) is 12.1 Å². The Labute approximate surface area is 168 Å². The van der Waals surface area contributed by atoms with Crippen molar-refractivity contribution in [3.63, 3.8) is 0 Å². The largest absolute Gasteiger partial charge is 0.417 e. The summed E-state index contributed by atoms with van der Waals surface area (Å²) in [5.41, 5.74) is 6.47. The number of rotatable bonds is 7. The fourth-order valence-electron chi connectivity index (χ4n) is 2.39. The Morgan fingerprint density at radius 1 is 1.07 bits per heavy atom. The molecule has 6 nitrogen and oxygen atoms in total. The van der Waals surface area contributed by atoms with E-state index in [0.717, 1.165) is 23.5 Å². The predicted octanol–water partition coefficient (Wildman–Crippen LogP) is 5.28. The average Bonchev–Trinajstić information content (AvgIpc) is 2.69. The molecule has 0 fully saturated rings. The van der Waals surface area contributed by atoms with Gasteiger partial charge in [0.1, 0.15) is 5.03 Å². The lowest BCUT2D eigenvalue weighted by Gasteiger charge is -2.10. The molecule has 0 amide bonds. The SMILES string of the molecule is O=[N+]([O-])c1cc(CNNc2ccccc2)ccc1Sc1ccc(C(F)(F)F)cn1. The second-order valence-electron chi connectivity index (χ2n) is 5.89. The minimum absolute atomic E-state index is 0.143. The number of hydrazine groups is 1. The number of nitrogens with zero attached hydrogens (tertiary/aromatic N) is 2. The summed E-state index contributed by atoms with van der Waals surface area (Å²) in [5, 5.41) is 11.7. The van der Waals surface area contributed by atoms with Crippen molar-refractivity contribution < 1.29 is 18.1 Å². The van der Waals surface area contributed by atoms with Gasteiger partial charge in [-0.3, -0.25) is 10.1 Å². The van der Waals surface area contributed by atoms with E-state index in [1.165, 1.54) is 12.1 Å². The number of halogens is 3. The van der Waals surface area contributed by atoms with E-state index in [-0.39, 0.29) is 10.7 Å². The van der Waals surface area contributed by atoms with E-state index < -0.39 is 16.7 Å². The van der Waals surface area contributed by atoms with E-state index in [2.05, 4.69) is 15.8 Å². The van der Waals surface area contributed by atoms with Gasteiger partial charge in [0.2, 0.25) is 0 Å². The Hall–Kier alpha value is -3.11. The van der Waals surface area contributed by atoms with Gasteiger partial charge in [-0.2, -0.15) is 13.2 Å². The van der Waals surface area contributed by atoms with Crippen LogP contribution in [0.4, 0.5) is 24.5 Å². The van der Waals surface area contributed by atoms with Crippen LogP contribution in [-0.2, 0) is 12.7 Å². The van der Waals surface area contributed by atoms with E-state index >= 15 is 0 Å². The molecule has 0 aliphatic carbocycles. The van der Waals surface area contributed by atoms with Crippen LogP contribution in [0.5, 0.6) is 0 Å². The topological polar surface area (TPSA) is 80.1 Å². The summed E-state index contributed by atoms with van der Waals surface area (Å²) in [5.74, 6) is 0. The first-order valence-corrected chi connectivity index (χ1v) is 9.17. The van der Waals surface area contributed by atoms with Crippen LogP contribution in [0.2, 0.25) is 0 Å². The van der Waals surface area contributed by atoms with Crippen molar-refractivity contribution in [3.8, 4) is 0 Å². The van der Waals surface area contributed by atoms with Gasteiger partial charge in [-0.25, -0.2) is 10.4 Å². The summed E-state index contributed by atoms with van der Waals surface area (Å²) < 4.78 is 37.9. The second-order valence-corrected chi connectivity index (χ2v) is 6.95. The number of nitro groups is 1. The van der Waals surface area contributed by atoms with E-state index in [0.29, 0.717) is 23.2 Å². The summed E-state index contributed by atoms with van der Waals surface area (Å²) in [6.45, 7) is 0.333. The number of aromatic nitrogens is 1. The number of benzene rings is 2. The summed E-state index contributed by atoms with van der Waals surface area (Å²) in [7, 11) is 0. The molecule has 0 saturated heterocycles. The van der Waals surface area contributed by atoms with Crippen LogP contribution in [0, 0.1) is 10.1 Å². The molecule has 150 valence electrons. The van der Waals surface area contributed by atoms with E-state index in [1.807, 2.05) is 30.3 Å². The Balaban J connectivity index is 1.70. The Bertz CT molecular complexity index is 983. The van der Waals surface area contributed by atoms with Gasteiger partial charge in [-0.1, -0.05) is 36.0 Å². The fraction of sp³-hybridized carbons (Fsp3) is 0.105. The standard InChI is InChI=1S/C19H15F3N4O2S/c20-19(21,22)14-7-9-18(23-12-14)29-17-8-6-13(10-16(17)26(27)28)11-24-25-15-4-2-1-3-5-15/h1-10,12,24-25H,11H2. The van der Waals surface area contributed by atoms with E-state index in [9.17, 15) is 23.3 Å². The number of anilines is 1.